The average Bonchev–Trinajstić information content (AvgIpc) is 3.86. The molecule has 10 nitrogen and oxygen atoms in total. The molecule has 0 spiro atoms. The first-order valence-electron chi connectivity index (χ1n) is 29.9. The lowest BCUT2D eigenvalue weighted by atomic mass is 10.0. The Morgan fingerprint density at radius 1 is 0.425 bits per heavy atom. The number of hydrogen-bond acceptors (Lipinski definition) is 13. The van der Waals surface area contributed by atoms with E-state index in [-0.39, 0.29) is 23.0 Å². The van der Waals surface area contributed by atoms with Crippen molar-refractivity contribution in [3.05, 3.63) is 122 Å². The predicted molar refractivity (Wildman–Crippen MR) is 336 cm³/mol. The number of ether oxygens (including phenoxy) is 4. The molecule has 1 aromatic heterocycles. The van der Waals surface area contributed by atoms with E-state index in [1.807, 2.05) is 12.1 Å². The van der Waals surface area contributed by atoms with Crippen LogP contribution in [-0.2, 0) is 0 Å². The predicted octanol–water partition coefficient (Wildman–Crippen LogP) is 20.8. The zero-order valence-corrected chi connectivity index (χ0v) is 50.0. The van der Waals surface area contributed by atoms with Crippen molar-refractivity contribution in [1.29, 1.82) is 0 Å². The van der Waals surface area contributed by atoms with Gasteiger partial charge in [-0.25, -0.2) is 9.59 Å². The number of aromatic hydroxyl groups is 2. The van der Waals surface area contributed by atoms with Crippen LogP contribution in [0, 0.1) is 3.14 Å². The second kappa shape index (κ2) is 37.2. The molecule has 0 fully saturated rings. The van der Waals surface area contributed by atoms with E-state index in [4.69, 9.17) is 41.2 Å². The van der Waals surface area contributed by atoms with Crippen LogP contribution in [-0.4, -0.2) is 47.8 Å². The number of rotatable bonds is 40. The van der Waals surface area contributed by atoms with Crippen molar-refractivity contribution in [2.45, 2.75) is 194 Å². The summed E-state index contributed by atoms with van der Waals surface area (Å²) >= 11 is 8.41. The van der Waals surface area contributed by atoms with Crippen molar-refractivity contribution in [3.63, 3.8) is 0 Å². The number of nitrogens with zero attached hydrogens (tertiary/aromatic N) is 2. The second-order valence-corrected chi connectivity index (χ2v) is 24.2. The maximum absolute atomic E-state index is 13.1. The van der Waals surface area contributed by atoms with E-state index in [0.29, 0.717) is 58.3 Å². The average molecular weight is 1140 g/mol. The summed E-state index contributed by atoms with van der Waals surface area (Å²) in [4.78, 5) is 35.5. The number of carbonyl (C=O) groups is 2. The molecular formula is C67H86N2O8S3. The maximum Gasteiger partial charge on any atom is 0.343 e. The third kappa shape index (κ3) is 23.7. The highest BCUT2D eigenvalue weighted by molar-refractivity contribution is 7.77. The quantitative estimate of drug-likeness (QED) is 0.0127. The van der Waals surface area contributed by atoms with Crippen LogP contribution in [0.4, 0.5) is 11.4 Å². The summed E-state index contributed by atoms with van der Waals surface area (Å²) in [5, 5.41) is 22.0. The zero-order valence-electron chi connectivity index (χ0n) is 47.6. The Morgan fingerprint density at radius 2 is 0.725 bits per heavy atom. The molecule has 0 saturated carbocycles. The minimum absolute atomic E-state index is 0.133. The highest BCUT2D eigenvalue weighted by Gasteiger charge is 2.14. The van der Waals surface area contributed by atoms with Gasteiger partial charge >= 0.3 is 11.9 Å². The minimum Gasteiger partial charge on any atom is -0.507 e. The van der Waals surface area contributed by atoms with Gasteiger partial charge in [-0.05, 0) is 97.8 Å². The number of benzene rings is 5. The van der Waals surface area contributed by atoms with Crippen LogP contribution in [0.25, 0.3) is 9.40 Å². The molecule has 0 aliphatic rings. The topological polar surface area (TPSA) is 136 Å². The smallest absolute Gasteiger partial charge is 0.343 e. The molecule has 6 aromatic rings. The highest BCUT2D eigenvalue weighted by atomic mass is 32.2. The fourth-order valence-corrected chi connectivity index (χ4v) is 12.0. The second-order valence-electron chi connectivity index (χ2n) is 20.9. The molecule has 0 bridgehead atoms. The molecule has 1 heterocycles. The number of unbranched alkanes of at least 4 members (excludes halogenated alkanes) is 26. The fourth-order valence-electron chi connectivity index (χ4n) is 9.46. The maximum atomic E-state index is 13.1. The molecule has 0 aliphatic heterocycles. The summed E-state index contributed by atoms with van der Waals surface area (Å²) in [7, 11) is 0. The molecule has 0 atom stereocenters. The molecule has 5 aromatic carbocycles. The van der Waals surface area contributed by atoms with Crippen molar-refractivity contribution < 1.29 is 38.7 Å². The van der Waals surface area contributed by atoms with Gasteiger partial charge in [0.2, 0.25) is 0 Å². The van der Waals surface area contributed by atoms with Crippen LogP contribution in [0.1, 0.15) is 225 Å². The lowest BCUT2D eigenvalue weighted by Crippen LogP contribution is -2.08. The summed E-state index contributed by atoms with van der Waals surface area (Å²) < 4.78 is 25.7. The van der Waals surface area contributed by atoms with Crippen molar-refractivity contribution >= 4 is 80.0 Å². The lowest BCUT2D eigenvalue weighted by Gasteiger charge is -2.09. The first-order chi connectivity index (χ1) is 39.2. The van der Waals surface area contributed by atoms with Crippen LogP contribution in [0.3, 0.4) is 0 Å². The molecule has 0 saturated heterocycles. The van der Waals surface area contributed by atoms with Gasteiger partial charge in [-0.2, -0.15) is 0 Å². The largest absolute Gasteiger partial charge is 0.507 e. The van der Waals surface area contributed by atoms with Crippen molar-refractivity contribution in [3.8, 4) is 34.5 Å². The van der Waals surface area contributed by atoms with E-state index >= 15 is 0 Å². The van der Waals surface area contributed by atoms with E-state index in [1.54, 1.807) is 72.8 Å². The Hall–Kier alpha value is -5.89. The molecule has 0 amide bonds. The number of aliphatic imine (C=N–C) groups is 2. The number of phenols is 2. The lowest BCUT2D eigenvalue weighted by molar-refractivity contribution is 0.0724. The number of hydrogen-bond donors (Lipinski definition) is 2. The molecule has 2 N–H and O–H groups in total. The standard InChI is InChI=1S/C67H86N2O8S3/c1-3-5-7-9-11-13-15-17-19-21-23-25-27-29-43-74-55-37-31-51(32-38-55)65(72)76-57-41-35-53(61(70)45-57)49-68-59-47-63-64(80-67(78)79-63)48-60(59)69-50-54-36-42-58(46-62(54)71)77-66(73)52-33-39-56(40-34-52)75-44-30-28-26-24-22-20-18-16-14-12-10-8-6-4-2/h31-42,45-50,70-71H,3-30,43-44H2,1-2H3. The van der Waals surface area contributed by atoms with Gasteiger partial charge in [0.15, 0.2) is 0 Å². The van der Waals surface area contributed by atoms with E-state index in [1.165, 1.54) is 201 Å². The van der Waals surface area contributed by atoms with Gasteiger partial charge < -0.3 is 29.2 Å². The fraction of sp³-hybridized carbons (Fsp3) is 0.478. The molecule has 80 heavy (non-hydrogen) atoms. The van der Waals surface area contributed by atoms with Gasteiger partial charge in [0.1, 0.15) is 37.6 Å². The van der Waals surface area contributed by atoms with Crippen molar-refractivity contribution in [2.24, 2.45) is 9.98 Å². The van der Waals surface area contributed by atoms with E-state index in [0.717, 1.165) is 38.2 Å². The molecule has 13 heteroatoms. The number of carbonyl (C=O) groups excluding carboxylic acids is 2. The molecule has 0 aliphatic carbocycles. The first-order valence-corrected chi connectivity index (χ1v) is 31.9. The van der Waals surface area contributed by atoms with E-state index in [9.17, 15) is 19.8 Å². The van der Waals surface area contributed by atoms with Gasteiger partial charge in [-0.1, -0.05) is 193 Å². The van der Waals surface area contributed by atoms with Crippen LogP contribution in [0.2, 0.25) is 0 Å². The summed E-state index contributed by atoms with van der Waals surface area (Å²) in [5.74, 6) is 0.382. The third-order valence-electron chi connectivity index (χ3n) is 14.3. The minimum atomic E-state index is -0.558. The number of fused-ring (bicyclic) bond motifs is 1. The van der Waals surface area contributed by atoms with Gasteiger partial charge in [0, 0.05) is 45.1 Å². The van der Waals surface area contributed by atoms with Crippen molar-refractivity contribution in [2.75, 3.05) is 13.2 Å². The van der Waals surface area contributed by atoms with E-state index < -0.39 is 11.9 Å². The first kappa shape index (κ1) is 63.3. The highest BCUT2D eigenvalue weighted by Crippen LogP contribution is 2.39. The molecule has 0 radical (unpaired) electrons. The molecule has 6 rings (SSSR count). The Bertz CT molecular complexity index is 2680. The van der Waals surface area contributed by atoms with Gasteiger partial charge in [0.05, 0.1) is 35.7 Å². The van der Waals surface area contributed by atoms with Gasteiger partial charge in [-0.3, -0.25) is 9.98 Å². The normalized spacial score (nSPS) is 11.5. The molecule has 0 unspecified atom stereocenters. The van der Waals surface area contributed by atoms with Gasteiger partial charge in [-0.15, -0.1) is 22.7 Å². The Morgan fingerprint density at radius 3 is 1.04 bits per heavy atom. The summed E-state index contributed by atoms with van der Waals surface area (Å²) in [6.45, 7) is 5.81. The molecule has 430 valence electrons. The third-order valence-corrected chi connectivity index (χ3v) is 16.8. The SMILES string of the molecule is CCCCCCCCCCCCCCCCOc1ccc(C(=O)Oc2ccc(C=Nc3cc4sc(=S)sc4cc3N=Cc3ccc(OC(=O)c4ccc(OCCCCCCCCCCCCCCCC)cc4)cc3O)c(O)c2)cc1. The monoisotopic (exact) mass is 1140 g/mol. The van der Waals surface area contributed by atoms with E-state index in [2.05, 4.69) is 13.8 Å². The van der Waals surface area contributed by atoms with Crippen molar-refractivity contribution in [1.82, 2.24) is 0 Å². The van der Waals surface area contributed by atoms with Gasteiger partial charge in [0.25, 0.3) is 0 Å². The summed E-state index contributed by atoms with van der Waals surface area (Å²) in [6.07, 6.45) is 39.7. The number of phenolic OH excluding ortho intramolecular Hbond substituents is 2. The van der Waals surface area contributed by atoms with Crippen LogP contribution in [0.5, 0.6) is 34.5 Å². The Balaban J connectivity index is 0.913. The van der Waals surface area contributed by atoms with Crippen LogP contribution < -0.4 is 18.9 Å². The summed E-state index contributed by atoms with van der Waals surface area (Å²) in [6, 6.07) is 26.7. The number of esters is 2. The zero-order chi connectivity index (χ0) is 56.4. The molecular weight excluding hydrogens is 1060 g/mol. The van der Waals surface area contributed by atoms with Crippen LogP contribution >= 0.6 is 34.9 Å². The Kier molecular flexibility index (Phi) is 29.4. The summed E-state index contributed by atoms with van der Waals surface area (Å²) in [5.41, 5.74) is 2.49. The van der Waals surface area contributed by atoms with Crippen LogP contribution in [0.15, 0.2) is 107 Å². The Labute approximate surface area is 489 Å².